The molecule has 134 valence electrons. The van der Waals surface area contributed by atoms with Crippen molar-refractivity contribution in [2.24, 2.45) is 0 Å². The van der Waals surface area contributed by atoms with Gasteiger partial charge < -0.3 is 0 Å². The number of benzene rings is 2. The van der Waals surface area contributed by atoms with Crippen molar-refractivity contribution in [2.45, 2.75) is 57.7 Å². The molecule has 1 nitrogen and oxygen atoms in total. The molecule has 0 amide bonds. The minimum absolute atomic E-state index is 0.675. The van der Waals surface area contributed by atoms with E-state index in [0.29, 0.717) is 5.92 Å². The minimum Gasteiger partial charge on any atom is -0.256 e. The Balaban J connectivity index is 1.85. The molecule has 2 heteroatoms. The summed E-state index contributed by atoms with van der Waals surface area (Å²) in [5.74, 6) is 0.675. The van der Waals surface area contributed by atoms with Gasteiger partial charge >= 0.3 is 0 Å². The van der Waals surface area contributed by atoms with E-state index in [4.69, 9.17) is 4.98 Å². The van der Waals surface area contributed by atoms with Crippen LogP contribution in [0.25, 0.3) is 22.0 Å². The first-order valence-corrected chi connectivity index (χ1v) is 13.5. The van der Waals surface area contributed by atoms with Crippen molar-refractivity contribution in [1.29, 1.82) is 0 Å². The standard InChI is InChI=1S/C24H29NSi/c1-26(2,3)22-16-23(19-10-5-4-6-11-19)24(25-17-22)21-14-13-18-9-7-8-12-20(18)15-21/h7-9,12-17,19H,4-6,10-11H2,1-3H3. The predicted octanol–water partition coefficient (Wildman–Crippen LogP) is 6.49. The molecule has 0 bridgehead atoms. The summed E-state index contributed by atoms with van der Waals surface area (Å²) < 4.78 is 0. The van der Waals surface area contributed by atoms with E-state index >= 15 is 0 Å². The van der Waals surface area contributed by atoms with Gasteiger partial charge in [-0.1, -0.05) is 81.4 Å². The van der Waals surface area contributed by atoms with Gasteiger partial charge in [-0.3, -0.25) is 4.98 Å². The molecule has 0 unspecified atom stereocenters. The third-order valence-electron chi connectivity index (χ3n) is 5.85. The maximum absolute atomic E-state index is 5.03. The van der Waals surface area contributed by atoms with Crippen molar-refractivity contribution in [3.63, 3.8) is 0 Å². The molecule has 1 aliphatic carbocycles. The Morgan fingerprint density at radius 1 is 0.846 bits per heavy atom. The SMILES string of the molecule is C[Si](C)(C)c1cnc(-c2ccc3ccccc3c2)c(C2CCCCC2)c1. The van der Waals surface area contributed by atoms with Gasteiger partial charge in [0.2, 0.25) is 0 Å². The maximum Gasteiger partial charge on any atom is 0.0796 e. The summed E-state index contributed by atoms with van der Waals surface area (Å²) >= 11 is 0. The fourth-order valence-electron chi connectivity index (χ4n) is 4.19. The van der Waals surface area contributed by atoms with Gasteiger partial charge in [0, 0.05) is 11.8 Å². The zero-order valence-corrected chi connectivity index (χ0v) is 17.3. The van der Waals surface area contributed by atoms with Crippen LogP contribution in [0.1, 0.15) is 43.6 Å². The number of pyridine rings is 1. The predicted molar refractivity (Wildman–Crippen MR) is 116 cm³/mol. The molecule has 1 aromatic heterocycles. The van der Waals surface area contributed by atoms with Crippen molar-refractivity contribution >= 4 is 24.0 Å². The Morgan fingerprint density at radius 3 is 2.31 bits per heavy atom. The molecule has 0 radical (unpaired) electrons. The van der Waals surface area contributed by atoms with Crippen molar-refractivity contribution in [3.05, 3.63) is 60.3 Å². The average molecular weight is 360 g/mol. The van der Waals surface area contributed by atoms with Crippen LogP contribution >= 0.6 is 0 Å². The van der Waals surface area contributed by atoms with Crippen LogP contribution in [0.5, 0.6) is 0 Å². The zero-order valence-electron chi connectivity index (χ0n) is 16.3. The van der Waals surface area contributed by atoms with E-state index in [1.54, 1.807) is 0 Å². The summed E-state index contributed by atoms with van der Waals surface area (Å²) in [5, 5.41) is 4.09. The van der Waals surface area contributed by atoms with E-state index in [1.807, 2.05) is 0 Å². The molecular formula is C24H29NSi. The summed E-state index contributed by atoms with van der Waals surface area (Å²) in [7, 11) is -1.36. The van der Waals surface area contributed by atoms with Crippen LogP contribution in [0.15, 0.2) is 54.7 Å². The number of nitrogens with zero attached hydrogens (tertiary/aromatic N) is 1. The van der Waals surface area contributed by atoms with E-state index in [9.17, 15) is 0 Å². The number of hydrogen-bond donors (Lipinski definition) is 0. The molecule has 0 atom stereocenters. The van der Waals surface area contributed by atoms with Gasteiger partial charge in [-0.25, -0.2) is 0 Å². The lowest BCUT2D eigenvalue weighted by atomic mass is 9.82. The zero-order chi connectivity index (χ0) is 18.1. The molecule has 1 heterocycles. The highest BCUT2D eigenvalue weighted by Crippen LogP contribution is 2.37. The monoisotopic (exact) mass is 359 g/mol. The van der Waals surface area contributed by atoms with Crippen molar-refractivity contribution in [1.82, 2.24) is 4.98 Å². The third-order valence-corrected chi connectivity index (χ3v) is 7.86. The van der Waals surface area contributed by atoms with Crippen molar-refractivity contribution in [2.75, 3.05) is 0 Å². The van der Waals surface area contributed by atoms with Gasteiger partial charge in [0.1, 0.15) is 0 Å². The Labute approximate surface area is 158 Å². The normalized spacial score (nSPS) is 16.1. The Kier molecular flexibility index (Phi) is 4.70. The van der Waals surface area contributed by atoms with Gasteiger partial charge in [0.05, 0.1) is 13.8 Å². The van der Waals surface area contributed by atoms with Crippen molar-refractivity contribution < 1.29 is 0 Å². The van der Waals surface area contributed by atoms with Gasteiger partial charge in [-0.15, -0.1) is 0 Å². The highest BCUT2D eigenvalue weighted by Gasteiger charge is 2.24. The molecule has 1 aliphatic rings. The van der Waals surface area contributed by atoms with Gasteiger partial charge in [-0.2, -0.15) is 0 Å². The van der Waals surface area contributed by atoms with E-state index in [-0.39, 0.29) is 0 Å². The fraction of sp³-hybridized carbons (Fsp3) is 0.375. The second-order valence-corrected chi connectivity index (χ2v) is 13.9. The largest absolute Gasteiger partial charge is 0.256 e. The van der Waals surface area contributed by atoms with E-state index < -0.39 is 8.07 Å². The lowest BCUT2D eigenvalue weighted by Crippen LogP contribution is -2.38. The lowest BCUT2D eigenvalue weighted by Gasteiger charge is -2.26. The Bertz CT molecular complexity index is 917. The molecule has 26 heavy (non-hydrogen) atoms. The van der Waals surface area contributed by atoms with Gasteiger partial charge in [0.25, 0.3) is 0 Å². The van der Waals surface area contributed by atoms with E-state index in [0.717, 1.165) is 0 Å². The second kappa shape index (κ2) is 7.00. The van der Waals surface area contributed by atoms with Crippen LogP contribution in [0.2, 0.25) is 19.6 Å². The van der Waals surface area contributed by atoms with Crippen LogP contribution in [0.4, 0.5) is 0 Å². The first kappa shape index (κ1) is 17.5. The minimum atomic E-state index is -1.36. The van der Waals surface area contributed by atoms with Crippen LogP contribution in [0, 0.1) is 0 Å². The quantitative estimate of drug-likeness (QED) is 0.487. The molecule has 1 fully saturated rings. The van der Waals surface area contributed by atoms with Gasteiger partial charge in [-0.05, 0) is 46.3 Å². The smallest absolute Gasteiger partial charge is 0.0796 e. The lowest BCUT2D eigenvalue weighted by molar-refractivity contribution is 0.444. The van der Waals surface area contributed by atoms with E-state index in [2.05, 4.69) is 74.4 Å². The third kappa shape index (κ3) is 3.48. The highest BCUT2D eigenvalue weighted by atomic mass is 28.3. The molecule has 0 saturated heterocycles. The fourth-order valence-corrected chi connectivity index (χ4v) is 5.23. The Hall–Kier alpha value is -1.93. The number of fused-ring (bicyclic) bond motifs is 1. The first-order valence-electron chi connectivity index (χ1n) is 10.0. The second-order valence-electron chi connectivity index (χ2n) is 8.81. The molecule has 0 aliphatic heterocycles. The highest BCUT2D eigenvalue weighted by molar-refractivity contribution is 6.88. The summed E-state index contributed by atoms with van der Waals surface area (Å²) in [6.07, 6.45) is 8.90. The summed E-state index contributed by atoms with van der Waals surface area (Å²) in [6.45, 7) is 7.26. The molecular weight excluding hydrogens is 330 g/mol. The molecule has 0 N–H and O–H groups in total. The molecule has 0 spiro atoms. The first-order chi connectivity index (χ1) is 12.5. The molecule has 3 aromatic rings. The number of aromatic nitrogens is 1. The molecule has 1 saturated carbocycles. The number of rotatable bonds is 3. The Morgan fingerprint density at radius 2 is 1.58 bits per heavy atom. The van der Waals surface area contributed by atoms with Crippen LogP contribution in [-0.4, -0.2) is 13.1 Å². The van der Waals surface area contributed by atoms with Crippen LogP contribution in [0.3, 0.4) is 0 Å². The van der Waals surface area contributed by atoms with E-state index in [1.165, 1.54) is 64.9 Å². The van der Waals surface area contributed by atoms with Gasteiger partial charge in [0.15, 0.2) is 0 Å². The van der Waals surface area contributed by atoms with Crippen molar-refractivity contribution in [3.8, 4) is 11.3 Å². The summed E-state index contributed by atoms with van der Waals surface area (Å²) in [6, 6.07) is 17.9. The van der Waals surface area contributed by atoms with Crippen LogP contribution < -0.4 is 5.19 Å². The topological polar surface area (TPSA) is 12.9 Å². The number of hydrogen-bond acceptors (Lipinski definition) is 1. The van der Waals surface area contributed by atoms with Crippen LogP contribution in [-0.2, 0) is 0 Å². The molecule has 4 rings (SSSR count). The molecule has 2 aromatic carbocycles. The average Bonchev–Trinajstić information content (AvgIpc) is 2.67. The maximum atomic E-state index is 5.03. The summed E-state index contributed by atoms with van der Waals surface area (Å²) in [4.78, 5) is 5.03. The summed E-state index contributed by atoms with van der Waals surface area (Å²) in [5.41, 5.74) is 3.98.